The Bertz CT molecular complexity index is 886. The molecule has 0 aliphatic carbocycles. The molecule has 3 aromatic rings. The van der Waals surface area contributed by atoms with Gasteiger partial charge in [0.15, 0.2) is 0 Å². The Morgan fingerprint density at radius 3 is 2.50 bits per heavy atom. The molecule has 122 valence electrons. The number of hydrogen-bond acceptors (Lipinski definition) is 4. The normalized spacial score (nSPS) is 10.5. The van der Waals surface area contributed by atoms with Crippen LogP contribution < -0.4 is 11.1 Å². The molecule has 0 unspecified atom stereocenters. The van der Waals surface area contributed by atoms with Crippen molar-refractivity contribution in [1.29, 1.82) is 0 Å². The second-order valence-corrected chi connectivity index (χ2v) is 6.98. The van der Waals surface area contributed by atoms with Gasteiger partial charge in [0.25, 0.3) is 11.8 Å². The first-order valence-electron chi connectivity index (χ1n) is 7.00. The molecule has 2 heterocycles. The van der Waals surface area contributed by atoms with E-state index in [0.717, 1.165) is 21.4 Å². The number of nitrogens with two attached hydrogens (primary N) is 1. The summed E-state index contributed by atoms with van der Waals surface area (Å²) < 4.78 is 2.70. The van der Waals surface area contributed by atoms with E-state index in [1.165, 1.54) is 0 Å². The van der Waals surface area contributed by atoms with Crippen LogP contribution in [0.1, 0.15) is 24.9 Å². The quantitative estimate of drug-likeness (QED) is 0.684. The lowest BCUT2D eigenvalue weighted by Gasteiger charge is -2.08. The maximum atomic E-state index is 12.3. The van der Waals surface area contributed by atoms with E-state index in [9.17, 15) is 9.59 Å². The van der Waals surface area contributed by atoms with Gasteiger partial charge in [-0.2, -0.15) is 5.10 Å². The summed E-state index contributed by atoms with van der Waals surface area (Å²) in [7, 11) is 0. The number of aromatic nitrogens is 2. The van der Waals surface area contributed by atoms with E-state index in [-0.39, 0.29) is 5.91 Å². The third-order valence-electron chi connectivity index (χ3n) is 3.28. The number of halogens is 1. The van der Waals surface area contributed by atoms with Crippen LogP contribution in [0.15, 0.2) is 53.1 Å². The van der Waals surface area contributed by atoms with E-state index in [0.29, 0.717) is 22.1 Å². The molecule has 24 heavy (non-hydrogen) atoms. The molecule has 0 saturated carbocycles. The first-order chi connectivity index (χ1) is 11.5. The van der Waals surface area contributed by atoms with Crippen LogP contribution in [0.25, 0.3) is 0 Å². The summed E-state index contributed by atoms with van der Waals surface area (Å²) in [6, 6.07) is 12.7. The largest absolute Gasteiger partial charge is 0.365 e. The Hall–Kier alpha value is -2.45. The predicted molar refractivity (Wildman–Crippen MR) is 96.3 cm³/mol. The zero-order chi connectivity index (χ0) is 17.1. The molecule has 3 N–H and O–H groups in total. The number of anilines is 1. The van der Waals surface area contributed by atoms with E-state index >= 15 is 0 Å². The zero-order valence-electron chi connectivity index (χ0n) is 12.4. The van der Waals surface area contributed by atoms with Gasteiger partial charge in [-0.1, -0.05) is 28.1 Å². The molecule has 0 radical (unpaired) electrons. The van der Waals surface area contributed by atoms with Crippen molar-refractivity contribution in [3.05, 3.63) is 68.5 Å². The van der Waals surface area contributed by atoms with Crippen molar-refractivity contribution in [2.45, 2.75) is 6.54 Å². The van der Waals surface area contributed by atoms with Crippen molar-refractivity contribution in [1.82, 2.24) is 9.78 Å². The predicted octanol–water partition coefficient (Wildman–Crippen LogP) is 3.11. The first-order valence-corrected chi connectivity index (χ1v) is 8.61. The summed E-state index contributed by atoms with van der Waals surface area (Å²) >= 11 is 4.46. The molecule has 0 spiro atoms. The summed E-state index contributed by atoms with van der Waals surface area (Å²) in [5.41, 5.74) is 6.27. The number of thiophene rings is 1. The molecule has 6 nitrogen and oxygen atoms in total. The van der Waals surface area contributed by atoms with Gasteiger partial charge < -0.3 is 11.1 Å². The van der Waals surface area contributed by atoms with Crippen LogP contribution in [0.2, 0.25) is 0 Å². The van der Waals surface area contributed by atoms with E-state index in [4.69, 9.17) is 5.73 Å². The van der Waals surface area contributed by atoms with Crippen LogP contribution in [0.3, 0.4) is 0 Å². The highest BCUT2D eigenvalue weighted by Gasteiger charge is 2.14. The highest BCUT2D eigenvalue weighted by Crippen LogP contribution is 2.19. The first kappa shape index (κ1) is 16.4. The molecule has 0 fully saturated rings. The molecule has 0 aliphatic rings. The summed E-state index contributed by atoms with van der Waals surface area (Å²) in [6.07, 6.45) is 1.62. The number of primary amides is 1. The second kappa shape index (κ2) is 6.98. The third kappa shape index (κ3) is 3.72. The fourth-order valence-electron chi connectivity index (χ4n) is 2.10. The lowest BCUT2D eigenvalue weighted by Crippen LogP contribution is -2.15. The summed E-state index contributed by atoms with van der Waals surface area (Å²) in [4.78, 5) is 24.2. The molecule has 0 atom stereocenters. The van der Waals surface area contributed by atoms with E-state index in [1.807, 2.05) is 24.3 Å². The molecule has 0 aliphatic heterocycles. The molecule has 2 amide bonds. The Morgan fingerprint density at radius 2 is 1.83 bits per heavy atom. The maximum Gasteiger partial charge on any atom is 0.266 e. The van der Waals surface area contributed by atoms with E-state index < -0.39 is 5.91 Å². The van der Waals surface area contributed by atoms with Gasteiger partial charge in [-0.25, -0.2) is 4.68 Å². The number of nitrogens with one attached hydrogen (secondary N) is 1. The molecule has 0 saturated heterocycles. The fraction of sp³-hybridized carbons (Fsp3) is 0.0625. The van der Waals surface area contributed by atoms with Crippen molar-refractivity contribution >= 4 is 44.9 Å². The number of hydrogen-bond donors (Lipinski definition) is 2. The smallest absolute Gasteiger partial charge is 0.266 e. The Balaban J connectivity index is 1.73. The summed E-state index contributed by atoms with van der Waals surface area (Å²) in [5, 5.41) is 7.03. The van der Waals surface area contributed by atoms with Crippen LogP contribution in [0.5, 0.6) is 0 Å². The average molecular weight is 405 g/mol. The van der Waals surface area contributed by atoms with Crippen molar-refractivity contribution in [2.24, 2.45) is 5.73 Å². The topological polar surface area (TPSA) is 90.0 Å². The Kier molecular flexibility index (Phi) is 4.77. The Labute approximate surface area is 150 Å². The number of benzene rings is 1. The second-order valence-electron chi connectivity index (χ2n) is 4.98. The monoisotopic (exact) mass is 404 g/mol. The molecule has 2 aromatic heterocycles. The van der Waals surface area contributed by atoms with Gasteiger partial charge in [0, 0.05) is 10.5 Å². The molecule has 0 bridgehead atoms. The van der Waals surface area contributed by atoms with Crippen LogP contribution in [-0.2, 0) is 6.54 Å². The fourth-order valence-corrected chi connectivity index (χ4v) is 3.12. The maximum absolute atomic E-state index is 12.3. The number of carbonyl (C=O) groups excluding carboxylic acids is 2. The highest BCUT2D eigenvalue weighted by molar-refractivity contribution is 9.10. The van der Waals surface area contributed by atoms with Crippen LogP contribution in [0, 0.1) is 0 Å². The standard InChI is InChI=1S/C16H13BrN4O2S/c17-11-3-1-10(2-4-11)9-21-14(7-8-19-21)20-16(23)13-6-5-12(24-13)15(18)22/h1-8H,9H2,(H2,18,22)(H,20,23). The number of rotatable bonds is 5. The van der Waals surface area contributed by atoms with Gasteiger partial charge >= 0.3 is 0 Å². The van der Waals surface area contributed by atoms with Crippen molar-refractivity contribution < 1.29 is 9.59 Å². The van der Waals surface area contributed by atoms with Gasteiger partial charge in [-0.15, -0.1) is 11.3 Å². The lowest BCUT2D eigenvalue weighted by molar-refractivity contribution is 0.100. The summed E-state index contributed by atoms with van der Waals surface area (Å²) in [6.45, 7) is 0.535. The van der Waals surface area contributed by atoms with Gasteiger partial charge in [0.05, 0.1) is 22.5 Å². The van der Waals surface area contributed by atoms with Crippen molar-refractivity contribution in [2.75, 3.05) is 5.32 Å². The van der Waals surface area contributed by atoms with E-state index in [1.54, 1.807) is 29.1 Å². The zero-order valence-corrected chi connectivity index (χ0v) is 14.8. The molecule has 1 aromatic carbocycles. The van der Waals surface area contributed by atoms with Crippen LogP contribution in [0.4, 0.5) is 5.82 Å². The van der Waals surface area contributed by atoms with Crippen molar-refractivity contribution in [3.8, 4) is 0 Å². The molecular weight excluding hydrogens is 392 g/mol. The minimum Gasteiger partial charge on any atom is -0.365 e. The Morgan fingerprint density at radius 1 is 1.12 bits per heavy atom. The molecule has 3 rings (SSSR count). The van der Waals surface area contributed by atoms with Crippen LogP contribution >= 0.6 is 27.3 Å². The number of amides is 2. The van der Waals surface area contributed by atoms with Crippen molar-refractivity contribution in [3.63, 3.8) is 0 Å². The minimum absolute atomic E-state index is 0.301. The SMILES string of the molecule is NC(=O)c1ccc(C(=O)Nc2ccnn2Cc2ccc(Br)cc2)s1. The van der Waals surface area contributed by atoms with E-state index in [2.05, 4.69) is 26.3 Å². The van der Waals surface area contributed by atoms with Gasteiger partial charge in [0.1, 0.15) is 5.82 Å². The number of nitrogens with zero attached hydrogens (tertiary/aromatic N) is 2. The van der Waals surface area contributed by atoms with Crippen LogP contribution in [-0.4, -0.2) is 21.6 Å². The van der Waals surface area contributed by atoms with Gasteiger partial charge in [-0.3, -0.25) is 9.59 Å². The highest BCUT2D eigenvalue weighted by atomic mass is 79.9. The summed E-state index contributed by atoms with van der Waals surface area (Å²) in [5.74, 6) is -0.263. The number of carbonyl (C=O) groups is 2. The molecule has 8 heteroatoms. The van der Waals surface area contributed by atoms with Gasteiger partial charge in [-0.05, 0) is 29.8 Å². The minimum atomic E-state index is -0.542. The molecular formula is C16H13BrN4O2S. The van der Waals surface area contributed by atoms with Gasteiger partial charge in [0.2, 0.25) is 0 Å². The lowest BCUT2D eigenvalue weighted by atomic mass is 10.2. The third-order valence-corrected chi connectivity index (χ3v) is 4.90. The average Bonchev–Trinajstić information content (AvgIpc) is 3.19.